The molecule has 1 N–H and O–H groups in total. The summed E-state index contributed by atoms with van der Waals surface area (Å²) < 4.78 is 5.41. The summed E-state index contributed by atoms with van der Waals surface area (Å²) in [7, 11) is 0. The van der Waals surface area contributed by atoms with E-state index < -0.39 is 0 Å². The Morgan fingerprint density at radius 1 is 1.39 bits per heavy atom. The van der Waals surface area contributed by atoms with Crippen molar-refractivity contribution in [2.24, 2.45) is 0 Å². The number of benzene rings is 1. The topological polar surface area (TPSA) is 64.4 Å². The molecular formula is C13H20N2O3. The predicted molar refractivity (Wildman–Crippen MR) is 70.5 cm³/mol. The Morgan fingerprint density at radius 2 is 2.11 bits per heavy atom. The van der Waals surface area contributed by atoms with E-state index in [1.54, 1.807) is 12.1 Å². The van der Waals surface area contributed by atoms with Gasteiger partial charge in [-0.25, -0.2) is 0 Å². The third-order valence-corrected chi connectivity index (χ3v) is 2.45. The van der Waals surface area contributed by atoms with Crippen LogP contribution in [0, 0.1) is 10.1 Å². The van der Waals surface area contributed by atoms with Gasteiger partial charge < -0.3 is 10.1 Å². The van der Waals surface area contributed by atoms with E-state index >= 15 is 0 Å². The van der Waals surface area contributed by atoms with Gasteiger partial charge in [0.25, 0.3) is 5.69 Å². The van der Waals surface area contributed by atoms with E-state index in [-0.39, 0.29) is 16.7 Å². The molecule has 1 aromatic carbocycles. The van der Waals surface area contributed by atoms with Crippen molar-refractivity contribution in [3.8, 4) is 0 Å². The van der Waals surface area contributed by atoms with E-state index in [1.807, 2.05) is 19.9 Å². The van der Waals surface area contributed by atoms with Gasteiger partial charge in [-0.05, 0) is 26.8 Å². The Balaban J connectivity index is 2.29. The minimum absolute atomic E-state index is 0.170. The first-order chi connectivity index (χ1) is 8.61. The van der Waals surface area contributed by atoms with Crippen LogP contribution in [0.4, 0.5) is 5.69 Å². The highest BCUT2D eigenvalue weighted by Gasteiger charge is 2.10. The number of hydrogen-bond donors (Lipinski definition) is 1. The van der Waals surface area contributed by atoms with Gasteiger partial charge in [0, 0.05) is 24.8 Å². The number of nitrogens with zero attached hydrogens (tertiary/aromatic N) is 1. The van der Waals surface area contributed by atoms with E-state index in [0.717, 1.165) is 13.0 Å². The highest BCUT2D eigenvalue weighted by Crippen LogP contribution is 2.16. The van der Waals surface area contributed by atoms with E-state index in [0.29, 0.717) is 18.7 Å². The number of para-hydroxylation sites is 1. The molecule has 100 valence electrons. The first kappa shape index (κ1) is 14.6. The molecule has 0 atom stereocenters. The minimum atomic E-state index is -0.348. The molecule has 0 radical (unpaired) electrons. The summed E-state index contributed by atoms with van der Waals surface area (Å²) in [4.78, 5) is 10.4. The van der Waals surface area contributed by atoms with Gasteiger partial charge in [0.1, 0.15) is 0 Å². The second kappa shape index (κ2) is 7.79. The molecule has 0 unspecified atom stereocenters. The van der Waals surface area contributed by atoms with Crippen LogP contribution in [-0.4, -0.2) is 24.2 Å². The van der Waals surface area contributed by atoms with Crippen LogP contribution in [0.2, 0.25) is 0 Å². The number of nitro benzene ring substituents is 1. The second-order valence-electron chi connectivity index (χ2n) is 4.34. The maximum atomic E-state index is 10.8. The average Bonchev–Trinajstić information content (AvgIpc) is 2.33. The summed E-state index contributed by atoms with van der Waals surface area (Å²) >= 11 is 0. The molecule has 5 heteroatoms. The van der Waals surface area contributed by atoms with Crippen LogP contribution in [0.15, 0.2) is 24.3 Å². The van der Waals surface area contributed by atoms with Crippen molar-refractivity contribution in [3.63, 3.8) is 0 Å². The average molecular weight is 252 g/mol. The SMILES string of the molecule is CC(C)OCCCNCc1ccccc1[N+](=O)[O-]. The molecule has 1 aromatic rings. The van der Waals surface area contributed by atoms with E-state index in [4.69, 9.17) is 4.74 Å². The summed E-state index contributed by atoms with van der Waals surface area (Å²) in [5.74, 6) is 0. The number of ether oxygens (including phenoxy) is 1. The van der Waals surface area contributed by atoms with Crippen LogP contribution in [0.1, 0.15) is 25.8 Å². The van der Waals surface area contributed by atoms with Crippen LogP contribution in [0.25, 0.3) is 0 Å². The van der Waals surface area contributed by atoms with Gasteiger partial charge in [0.05, 0.1) is 11.0 Å². The maximum absolute atomic E-state index is 10.8. The number of hydrogen-bond acceptors (Lipinski definition) is 4. The van der Waals surface area contributed by atoms with Crippen molar-refractivity contribution in [3.05, 3.63) is 39.9 Å². The lowest BCUT2D eigenvalue weighted by Gasteiger charge is -2.08. The molecule has 18 heavy (non-hydrogen) atoms. The Bertz CT molecular complexity index is 380. The van der Waals surface area contributed by atoms with Crippen molar-refractivity contribution < 1.29 is 9.66 Å². The van der Waals surface area contributed by atoms with Gasteiger partial charge in [0.15, 0.2) is 0 Å². The van der Waals surface area contributed by atoms with Crippen molar-refractivity contribution in [2.75, 3.05) is 13.2 Å². The smallest absolute Gasteiger partial charge is 0.273 e. The zero-order valence-electron chi connectivity index (χ0n) is 10.9. The summed E-state index contributed by atoms with van der Waals surface area (Å²) in [6.07, 6.45) is 1.15. The lowest BCUT2D eigenvalue weighted by Crippen LogP contribution is -2.18. The molecule has 0 aliphatic carbocycles. The molecule has 0 amide bonds. The zero-order valence-corrected chi connectivity index (χ0v) is 10.9. The second-order valence-corrected chi connectivity index (χ2v) is 4.34. The molecule has 0 saturated carbocycles. The summed E-state index contributed by atoms with van der Waals surface area (Å²) in [6.45, 7) is 6.01. The Labute approximate surface area is 107 Å². The fourth-order valence-corrected chi connectivity index (χ4v) is 1.58. The monoisotopic (exact) mass is 252 g/mol. The van der Waals surface area contributed by atoms with Gasteiger partial charge in [-0.15, -0.1) is 0 Å². The standard InChI is InChI=1S/C13H20N2O3/c1-11(2)18-9-5-8-14-10-12-6-3-4-7-13(12)15(16)17/h3-4,6-7,11,14H,5,8-10H2,1-2H3. The number of nitro groups is 1. The molecule has 1 rings (SSSR count). The van der Waals surface area contributed by atoms with Crippen molar-refractivity contribution in [2.45, 2.75) is 32.9 Å². The van der Waals surface area contributed by atoms with Gasteiger partial charge in [-0.1, -0.05) is 18.2 Å². The van der Waals surface area contributed by atoms with E-state index in [1.165, 1.54) is 6.07 Å². The third-order valence-electron chi connectivity index (χ3n) is 2.45. The Morgan fingerprint density at radius 3 is 2.78 bits per heavy atom. The fourth-order valence-electron chi connectivity index (χ4n) is 1.58. The van der Waals surface area contributed by atoms with Gasteiger partial charge in [-0.2, -0.15) is 0 Å². The lowest BCUT2D eigenvalue weighted by atomic mass is 10.2. The quantitative estimate of drug-likeness (QED) is 0.438. The number of nitrogens with one attached hydrogen (secondary N) is 1. The van der Waals surface area contributed by atoms with Crippen LogP contribution in [0.5, 0.6) is 0 Å². The van der Waals surface area contributed by atoms with Crippen molar-refractivity contribution in [1.82, 2.24) is 5.32 Å². The van der Waals surface area contributed by atoms with Gasteiger partial charge >= 0.3 is 0 Å². The van der Waals surface area contributed by atoms with Crippen LogP contribution >= 0.6 is 0 Å². The third kappa shape index (κ3) is 5.25. The first-order valence-corrected chi connectivity index (χ1v) is 6.16. The highest BCUT2D eigenvalue weighted by molar-refractivity contribution is 5.39. The molecule has 0 heterocycles. The molecule has 0 aliphatic heterocycles. The van der Waals surface area contributed by atoms with Crippen molar-refractivity contribution >= 4 is 5.69 Å². The summed E-state index contributed by atoms with van der Waals surface area (Å²) in [6, 6.07) is 6.79. The van der Waals surface area contributed by atoms with E-state index in [9.17, 15) is 10.1 Å². The maximum Gasteiger partial charge on any atom is 0.273 e. The van der Waals surface area contributed by atoms with Crippen molar-refractivity contribution in [1.29, 1.82) is 0 Å². The fraction of sp³-hybridized carbons (Fsp3) is 0.538. The Hall–Kier alpha value is -1.46. The predicted octanol–water partition coefficient (Wildman–Crippen LogP) is 2.50. The highest BCUT2D eigenvalue weighted by atomic mass is 16.6. The minimum Gasteiger partial charge on any atom is -0.379 e. The van der Waals surface area contributed by atoms with Crippen LogP contribution < -0.4 is 5.32 Å². The molecule has 0 saturated heterocycles. The zero-order chi connectivity index (χ0) is 13.4. The normalized spacial score (nSPS) is 10.8. The molecule has 0 aromatic heterocycles. The largest absolute Gasteiger partial charge is 0.379 e. The first-order valence-electron chi connectivity index (χ1n) is 6.16. The van der Waals surface area contributed by atoms with Crippen LogP contribution in [-0.2, 0) is 11.3 Å². The molecular weight excluding hydrogens is 232 g/mol. The number of rotatable bonds is 8. The van der Waals surface area contributed by atoms with Crippen LogP contribution in [0.3, 0.4) is 0 Å². The van der Waals surface area contributed by atoms with E-state index in [2.05, 4.69) is 5.32 Å². The lowest BCUT2D eigenvalue weighted by molar-refractivity contribution is -0.385. The van der Waals surface area contributed by atoms with Gasteiger partial charge in [0.2, 0.25) is 0 Å². The summed E-state index contributed by atoms with van der Waals surface area (Å²) in [5.41, 5.74) is 0.885. The molecule has 0 fully saturated rings. The Kier molecular flexibility index (Phi) is 6.32. The molecule has 0 spiro atoms. The molecule has 0 bridgehead atoms. The molecule has 5 nitrogen and oxygen atoms in total. The summed E-state index contributed by atoms with van der Waals surface area (Å²) in [5, 5.41) is 14.0. The molecule has 0 aliphatic rings. The van der Waals surface area contributed by atoms with Gasteiger partial charge in [-0.3, -0.25) is 10.1 Å².